The average molecular weight is 254 g/mol. The second kappa shape index (κ2) is 6.53. The molecule has 18 heavy (non-hydrogen) atoms. The summed E-state index contributed by atoms with van der Waals surface area (Å²) < 4.78 is 0. The van der Waals surface area contributed by atoms with Gasteiger partial charge in [0.1, 0.15) is 0 Å². The molecule has 104 valence electrons. The van der Waals surface area contributed by atoms with E-state index in [1.54, 1.807) is 0 Å². The van der Waals surface area contributed by atoms with Crippen molar-refractivity contribution in [2.45, 2.75) is 38.5 Å². The Morgan fingerprint density at radius 1 is 1.17 bits per heavy atom. The summed E-state index contributed by atoms with van der Waals surface area (Å²) >= 11 is 0. The van der Waals surface area contributed by atoms with Gasteiger partial charge in [-0.25, -0.2) is 0 Å². The van der Waals surface area contributed by atoms with Crippen molar-refractivity contribution in [1.29, 1.82) is 0 Å². The SMILES string of the molecule is NCC1CCCCC1C(=O)N1CCC(CO)CC1. The van der Waals surface area contributed by atoms with Crippen LogP contribution < -0.4 is 5.73 Å². The van der Waals surface area contributed by atoms with E-state index in [2.05, 4.69) is 0 Å². The summed E-state index contributed by atoms with van der Waals surface area (Å²) in [5.41, 5.74) is 5.80. The maximum atomic E-state index is 12.5. The first-order valence-corrected chi connectivity index (χ1v) is 7.36. The maximum Gasteiger partial charge on any atom is 0.226 e. The summed E-state index contributed by atoms with van der Waals surface area (Å²) in [4.78, 5) is 14.5. The average Bonchev–Trinajstić information content (AvgIpc) is 2.46. The van der Waals surface area contributed by atoms with Crippen molar-refractivity contribution in [1.82, 2.24) is 4.90 Å². The zero-order valence-electron chi connectivity index (χ0n) is 11.2. The van der Waals surface area contributed by atoms with Crippen LogP contribution in [0.3, 0.4) is 0 Å². The van der Waals surface area contributed by atoms with Gasteiger partial charge in [0.25, 0.3) is 0 Å². The van der Waals surface area contributed by atoms with E-state index in [-0.39, 0.29) is 12.5 Å². The number of likely N-dealkylation sites (tertiary alicyclic amines) is 1. The fourth-order valence-corrected chi connectivity index (χ4v) is 3.39. The van der Waals surface area contributed by atoms with Crippen LogP contribution in [0.15, 0.2) is 0 Å². The minimum Gasteiger partial charge on any atom is -0.396 e. The van der Waals surface area contributed by atoms with Gasteiger partial charge in [-0.05, 0) is 44.1 Å². The van der Waals surface area contributed by atoms with Crippen LogP contribution in [0.5, 0.6) is 0 Å². The van der Waals surface area contributed by atoms with Crippen molar-refractivity contribution in [3.8, 4) is 0 Å². The van der Waals surface area contributed by atoms with Gasteiger partial charge in [0.2, 0.25) is 5.91 Å². The second-order valence-corrected chi connectivity index (χ2v) is 5.84. The summed E-state index contributed by atoms with van der Waals surface area (Å²) in [6, 6.07) is 0. The molecule has 1 heterocycles. The monoisotopic (exact) mass is 254 g/mol. The highest BCUT2D eigenvalue weighted by atomic mass is 16.3. The largest absolute Gasteiger partial charge is 0.396 e. The molecule has 2 aliphatic rings. The number of nitrogens with zero attached hydrogens (tertiary/aromatic N) is 1. The standard InChI is InChI=1S/C14H26N2O2/c15-9-12-3-1-2-4-13(12)14(18)16-7-5-11(10-17)6-8-16/h11-13,17H,1-10,15H2. The molecule has 2 unspecified atom stereocenters. The zero-order valence-corrected chi connectivity index (χ0v) is 11.2. The molecule has 0 aromatic rings. The highest BCUT2D eigenvalue weighted by Gasteiger charge is 2.34. The number of aliphatic hydroxyl groups excluding tert-OH is 1. The predicted molar refractivity (Wildman–Crippen MR) is 70.9 cm³/mol. The first-order valence-electron chi connectivity index (χ1n) is 7.36. The Morgan fingerprint density at radius 3 is 2.44 bits per heavy atom. The van der Waals surface area contributed by atoms with Gasteiger partial charge < -0.3 is 15.7 Å². The molecule has 2 rings (SSSR count). The van der Waals surface area contributed by atoms with E-state index in [0.717, 1.165) is 38.8 Å². The van der Waals surface area contributed by atoms with Gasteiger partial charge in [-0.1, -0.05) is 12.8 Å². The molecule has 1 aliphatic carbocycles. The smallest absolute Gasteiger partial charge is 0.226 e. The lowest BCUT2D eigenvalue weighted by Crippen LogP contribution is -2.46. The number of hydrogen-bond acceptors (Lipinski definition) is 3. The third-order valence-electron chi connectivity index (χ3n) is 4.71. The number of hydrogen-bond donors (Lipinski definition) is 2. The van der Waals surface area contributed by atoms with Gasteiger partial charge in [-0.2, -0.15) is 0 Å². The Balaban J connectivity index is 1.90. The first kappa shape index (κ1) is 13.8. The molecule has 4 heteroatoms. The van der Waals surface area contributed by atoms with E-state index < -0.39 is 0 Å². The Bertz CT molecular complexity index is 275. The Labute approximate surface area is 110 Å². The van der Waals surface area contributed by atoms with Gasteiger partial charge in [0.05, 0.1) is 0 Å². The number of carbonyl (C=O) groups is 1. The van der Waals surface area contributed by atoms with Gasteiger partial charge >= 0.3 is 0 Å². The van der Waals surface area contributed by atoms with Crippen molar-refractivity contribution in [3.05, 3.63) is 0 Å². The van der Waals surface area contributed by atoms with Crippen molar-refractivity contribution < 1.29 is 9.90 Å². The molecule has 0 aromatic heterocycles. The van der Waals surface area contributed by atoms with Crippen molar-refractivity contribution in [2.75, 3.05) is 26.2 Å². The fourth-order valence-electron chi connectivity index (χ4n) is 3.39. The summed E-state index contributed by atoms with van der Waals surface area (Å²) in [7, 11) is 0. The lowest BCUT2D eigenvalue weighted by molar-refractivity contribution is -0.140. The van der Waals surface area contributed by atoms with E-state index >= 15 is 0 Å². The fraction of sp³-hybridized carbons (Fsp3) is 0.929. The number of aliphatic hydroxyl groups is 1. The van der Waals surface area contributed by atoms with Gasteiger partial charge in [0.15, 0.2) is 0 Å². The summed E-state index contributed by atoms with van der Waals surface area (Å²) in [5.74, 6) is 1.27. The second-order valence-electron chi connectivity index (χ2n) is 5.84. The minimum atomic E-state index is 0.162. The first-order chi connectivity index (χ1) is 8.76. The maximum absolute atomic E-state index is 12.5. The summed E-state index contributed by atoms with van der Waals surface area (Å²) in [6.07, 6.45) is 6.41. The van der Waals surface area contributed by atoms with Crippen LogP contribution in [0, 0.1) is 17.8 Å². The van der Waals surface area contributed by atoms with Gasteiger partial charge in [0, 0.05) is 25.6 Å². The lowest BCUT2D eigenvalue weighted by Gasteiger charge is -2.37. The Kier molecular flexibility index (Phi) is 5.01. The topological polar surface area (TPSA) is 66.6 Å². The predicted octanol–water partition coefficient (Wildman–Crippen LogP) is 0.982. The van der Waals surface area contributed by atoms with Crippen LogP contribution in [0.2, 0.25) is 0 Å². The molecule has 0 bridgehead atoms. The molecule has 1 amide bonds. The van der Waals surface area contributed by atoms with E-state index in [1.165, 1.54) is 12.8 Å². The molecule has 1 aliphatic heterocycles. The van der Waals surface area contributed by atoms with Crippen LogP contribution in [0.1, 0.15) is 38.5 Å². The third-order valence-corrected chi connectivity index (χ3v) is 4.71. The zero-order chi connectivity index (χ0) is 13.0. The molecule has 4 nitrogen and oxygen atoms in total. The Morgan fingerprint density at radius 2 is 1.83 bits per heavy atom. The third kappa shape index (κ3) is 3.04. The molecular formula is C14H26N2O2. The molecular weight excluding hydrogens is 228 g/mol. The van der Waals surface area contributed by atoms with Crippen molar-refractivity contribution in [2.24, 2.45) is 23.5 Å². The number of carbonyl (C=O) groups excluding carboxylic acids is 1. The van der Waals surface area contributed by atoms with Crippen LogP contribution in [0.25, 0.3) is 0 Å². The van der Waals surface area contributed by atoms with E-state index in [1.807, 2.05) is 4.90 Å². The van der Waals surface area contributed by atoms with Crippen LogP contribution in [-0.2, 0) is 4.79 Å². The minimum absolute atomic E-state index is 0.162. The van der Waals surface area contributed by atoms with E-state index in [0.29, 0.717) is 24.3 Å². The number of rotatable bonds is 3. The molecule has 3 N–H and O–H groups in total. The Hall–Kier alpha value is -0.610. The van der Waals surface area contributed by atoms with Crippen molar-refractivity contribution in [3.63, 3.8) is 0 Å². The summed E-state index contributed by atoms with van der Waals surface area (Å²) in [6.45, 7) is 2.54. The number of amides is 1. The molecule has 0 aromatic carbocycles. The lowest BCUT2D eigenvalue weighted by atomic mass is 9.78. The van der Waals surface area contributed by atoms with Gasteiger partial charge in [-0.3, -0.25) is 4.79 Å². The number of piperidine rings is 1. The number of nitrogens with two attached hydrogens (primary N) is 1. The molecule has 1 saturated heterocycles. The highest BCUT2D eigenvalue weighted by Crippen LogP contribution is 2.31. The van der Waals surface area contributed by atoms with Crippen molar-refractivity contribution >= 4 is 5.91 Å². The van der Waals surface area contributed by atoms with Crippen LogP contribution in [0.4, 0.5) is 0 Å². The molecule has 2 atom stereocenters. The van der Waals surface area contributed by atoms with Gasteiger partial charge in [-0.15, -0.1) is 0 Å². The highest BCUT2D eigenvalue weighted by molar-refractivity contribution is 5.79. The normalized spacial score (nSPS) is 30.4. The molecule has 1 saturated carbocycles. The van der Waals surface area contributed by atoms with E-state index in [9.17, 15) is 4.79 Å². The van der Waals surface area contributed by atoms with E-state index in [4.69, 9.17) is 10.8 Å². The van der Waals surface area contributed by atoms with Crippen LogP contribution >= 0.6 is 0 Å². The molecule has 0 radical (unpaired) electrons. The molecule has 2 fully saturated rings. The van der Waals surface area contributed by atoms with Crippen LogP contribution in [-0.4, -0.2) is 42.2 Å². The summed E-state index contributed by atoms with van der Waals surface area (Å²) in [5, 5.41) is 9.12. The molecule has 0 spiro atoms. The quantitative estimate of drug-likeness (QED) is 0.789.